The van der Waals surface area contributed by atoms with Gasteiger partial charge in [0, 0.05) is 10.9 Å². The first kappa shape index (κ1) is 15.5. The molecule has 1 aromatic heterocycles. The molecule has 1 heterocycles. The molecule has 1 aromatic rings. The largest absolute Gasteiger partial charge is 0.481 e. The van der Waals surface area contributed by atoms with Crippen LogP contribution in [-0.2, 0) is 9.59 Å². The number of carbonyl (C=O) groups excluding carboxylic acids is 2. The average molecular weight is 310 g/mol. The molecular weight excluding hydrogens is 292 g/mol. The van der Waals surface area contributed by atoms with Gasteiger partial charge in [0.05, 0.1) is 17.3 Å². The number of rotatable bonds is 5. The highest BCUT2D eigenvalue weighted by molar-refractivity contribution is 7.13. The number of aliphatic carboxylic acids is 1. The Hall–Kier alpha value is -1.89. The van der Waals surface area contributed by atoms with Crippen molar-refractivity contribution in [3.8, 4) is 0 Å². The summed E-state index contributed by atoms with van der Waals surface area (Å²) in [4.78, 5) is 36.2. The topological polar surface area (TPSA) is 95.5 Å². The summed E-state index contributed by atoms with van der Waals surface area (Å²) in [7, 11) is 0. The first-order valence-electron chi connectivity index (χ1n) is 6.84. The molecule has 0 bridgehead atoms. The normalized spacial score (nSPS) is 21.0. The van der Waals surface area contributed by atoms with Crippen LogP contribution in [0, 0.1) is 12.8 Å². The molecule has 3 N–H and O–H groups in total. The summed E-state index contributed by atoms with van der Waals surface area (Å²) in [5.74, 6) is -2.04. The van der Waals surface area contributed by atoms with Crippen molar-refractivity contribution in [3.05, 3.63) is 21.9 Å². The van der Waals surface area contributed by atoms with Crippen molar-refractivity contribution in [1.82, 2.24) is 10.6 Å². The van der Waals surface area contributed by atoms with Crippen LogP contribution in [0.15, 0.2) is 12.1 Å². The van der Waals surface area contributed by atoms with Crippen molar-refractivity contribution in [2.24, 2.45) is 5.92 Å². The lowest BCUT2D eigenvalue weighted by atomic mass is 10.0. The molecule has 2 unspecified atom stereocenters. The molecule has 0 spiro atoms. The van der Waals surface area contributed by atoms with E-state index in [2.05, 4.69) is 10.6 Å². The van der Waals surface area contributed by atoms with Gasteiger partial charge in [0.2, 0.25) is 5.91 Å². The SMILES string of the molecule is Cc1ccc(C(=O)NCC(=O)NC2CCCC2C(=O)O)s1. The molecule has 0 radical (unpaired) electrons. The second kappa shape index (κ2) is 6.71. The van der Waals surface area contributed by atoms with Crippen LogP contribution in [0.3, 0.4) is 0 Å². The summed E-state index contributed by atoms with van der Waals surface area (Å²) in [5, 5.41) is 14.3. The van der Waals surface area contributed by atoms with Crippen LogP contribution in [0.4, 0.5) is 0 Å². The van der Waals surface area contributed by atoms with Gasteiger partial charge in [0.15, 0.2) is 0 Å². The van der Waals surface area contributed by atoms with Gasteiger partial charge in [-0.25, -0.2) is 0 Å². The highest BCUT2D eigenvalue weighted by Gasteiger charge is 2.33. The van der Waals surface area contributed by atoms with Crippen molar-refractivity contribution in [1.29, 1.82) is 0 Å². The minimum atomic E-state index is -0.879. The summed E-state index contributed by atoms with van der Waals surface area (Å²) in [6.07, 6.45) is 2.05. The molecule has 7 heteroatoms. The number of carboxylic acids is 1. The molecule has 2 rings (SSSR count). The molecule has 1 aliphatic rings. The first-order valence-corrected chi connectivity index (χ1v) is 7.66. The van der Waals surface area contributed by atoms with E-state index in [9.17, 15) is 14.4 Å². The van der Waals surface area contributed by atoms with Crippen LogP contribution >= 0.6 is 11.3 Å². The molecule has 6 nitrogen and oxygen atoms in total. The van der Waals surface area contributed by atoms with Gasteiger partial charge in [0.1, 0.15) is 0 Å². The Morgan fingerprint density at radius 2 is 2.10 bits per heavy atom. The zero-order valence-electron chi connectivity index (χ0n) is 11.7. The van der Waals surface area contributed by atoms with E-state index in [1.807, 2.05) is 13.0 Å². The number of hydrogen-bond acceptors (Lipinski definition) is 4. The molecule has 2 atom stereocenters. The zero-order chi connectivity index (χ0) is 15.4. The van der Waals surface area contributed by atoms with Gasteiger partial charge >= 0.3 is 5.97 Å². The van der Waals surface area contributed by atoms with E-state index < -0.39 is 11.9 Å². The molecule has 1 aliphatic carbocycles. The van der Waals surface area contributed by atoms with Crippen molar-refractivity contribution in [3.63, 3.8) is 0 Å². The number of thiophene rings is 1. The van der Waals surface area contributed by atoms with E-state index in [4.69, 9.17) is 5.11 Å². The highest BCUT2D eigenvalue weighted by Crippen LogP contribution is 2.25. The van der Waals surface area contributed by atoms with E-state index in [-0.39, 0.29) is 24.4 Å². The van der Waals surface area contributed by atoms with E-state index >= 15 is 0 Å². The van der Waals surface area contributed by atoms with Crippen molar-refractivity contribution in [2.45, 2.75) is 32.2 Å². The fraction of sp³-hybridized carbons (Fsp3) is 0.500. The fourth-order valence-electron chi connectivity index (χ4n) is 2.49. The van der Waals surface area contributed by atoms with Crippen LogP contribution in [0.5, 0.6) is 0 Å². The number of hydrogen-bond donors (Lipinski definition) is 3. The molecule has 21 heavy (non-hydrogen) atoms. The average Bonchev–Trinajstić information content (AvgIpc) is 3.05. The fourth-order valence-corrected chi connectivity index (χ4v) is 3.27. The van der Waals surface area contributed by atoms with Gasteiger partial charge in [-0.3, -0.25) is 14.4 Å². The van der Waals surface area contributed by atoms with Crippen LogP contribution < -0.4 is 10.6 Å². The summed E-state index contributed by atoms with van der Waals surface area (Å²) in [5.41, 5.74) is 0. The van der Waals surface area contributed by atoms with Crippen LogP contribution in [0.1, 0.15) is 33.8 Å². The lowest BCUT2D eigenvalue weighted by Gasteiger charge is -2.17. The Balaban J connectivity index is 1.80. The summed E-state index contributed by atoms with van der Waals surface area (Å²) in [6.45, 7) is 1.76. The molecule has 0 aromatic carbocycles. The van der Waals surface area contributed by atoms with Crippen LogP contribution in [0.2, 0.25) is 0 Å². The van der Waals surface area contributed by atoms with Crippen LogP contribution in [0.25, 0.3) is 0 Å². The van der Waals surface area contributed by atoms with Crippen molar-refractivity contribution < 1.29 is 19.5 Å². The third-order valence-corrected chi connectivity index (χ3v) is 4.55. The third kappa shape index (κ3) is 4.04. The Morgan fingerprint density at radius 1 is 1.33 bits per heavy atom. The third-order valence-electron chi connectivity index (χ3n) is 3.55. The predicted octanol–water partition coefficient (Wildman–Crippen LogP) is 1.16. The first-order chi connectivity index (χ1) is 9.97. The van der Waals surface area contributed by atoms with E-state index in [1.165, 1.54) is 11.3 Å². The highest BCUT2D eigenvalue weighted by atomic mass is 32.1. The maximum absolute atomic E-state index is 11.8. The summed E-state index contributed by atoms with van der Waals surface area (Å²) >= 11 is 1.36. The molecule has 1 fully saturated rings. The minimum absolute atomic E-state index is 0.140. The molecule has 114 valence electrons. The Kier molecular flexibility index (Phi) is 4.95. The summed E-state index contributed by atoms with van der Waals surface area (Å²) < 4.78 is 0. The summed E-state index contributed by atoms with van der Waals surface area (Å²) in [6, 6.07) is 3.22. The monoisotopic (exact) mass is 310 g/mol. The number of carboxylic acid groups (broad SMARTS) is 1. The van der Waals surface area contributed by atoms with E-state index in [0.29, 0.717) is 17.7 Å². The lowest BCUT2D eigenvalue weighted by molar-refractivity contribution is -0.142. The number of aryl methyl sites for hydroxylation is 1. The predicted molar refractivity (Wildman–Crippen MR) is 78.3 cm³/mol. The lowest BCUT2D eigenvalue weighted by Crippen LogP contribution is -2.44. The zero-order valence-corrected chi connectivity index (χ0v) is 12.5. The van der Waals surface area contributed by atoms with Gasteiger partial charge in [-0.2, -0.15) is 0 Å². The van der Waals surface area contributed by atoms with Gasteiger partial charge in [0.25, 0.3) is 5.91 Å². The second-order valence-electron chi connectivity index (χ2n) is 5.14. The second-order valence-corrected chi connectivity index (χ2v) is 6.43. The molecule has 0 saturated heterocycles. The van der Waals surface area contributed by atoms with E-state index in [1.54, 1.807) is 6.07 Å². The van der Waals surface area contributed by atoms with Crippen molar-refractivity contribution in [2.75, 3.05) is 6.54 Å². The molecule has 1 saturated carbocycles. The van der Waals surface area contributed by atoms with Gasteiger partial charge < -0.3 is 15.7 Å². The number of carbonyl (C=O) groups is 3. The molecular formula is C14H18N2O4S. The number of amides is 2. The Labute approximate surface area is 126 Å². The molecule has 0 aliphatic heterocycles. The Bertz CT molecular complexity index is 555. The van der Waals surface area contributed by atoms with Crippen LogP contribution in [-0.4, -0.2) is 35.5 Å². The van der Waals surface area contributed by atoms with E-state index in [0.717, 1.165) is 11.3 Å². The van der Waals surface area contributed by atoms with Gasteiger partial charge in [-0.15, -0.1) is 11.3 Å². The quantitative estimate of drug-likeness (QED) is 0.760. The smallest absolute Gasteiger partial charge is 0.308 e. The van der Waals surface area contributed by atoms with Crippen molar-refractivity contribution >= 4 is 29.1 Å². The Morgan fingerprint density at radius 3 is 2.71 bits per heavy atom. The number of nitrogens with one attached hydrogen (secondary N) is 2. The minimum Gasteiger partial charge on any atom is -0.481 e. The standard InChI is InChI=1S/C14H18N2O4S/c1-8-5-6-11(21-8)13(18)15-7-12(17)16-10-4-2-3-9(10)14(19)20/h5-6,9-10H,2-4,7H2,1H3,(H,15,18)(H,16,17)(H,19,20). The maximum atomic E-state index is 11.8. The van der Waals surface area contributed by atoms with Gasteiger partial charge in [-0.1, -0.05) is 6.42 Å². The molecule has 2 amide bonds. The maximum Gasteiger partial charge on any atom is 0.308 e. The van der Waals surface area contributed by atoms with Gasteiger partial charge in [-0.05, 0) is 31.9 Å².